The molecule has 0 saturated carbocycles. The third-order valence-corrected chi connectivity index (χ3v) is 4.22. The number of halogens is 1. The summed E-state index contributed by atoms with van der Waals surface area (Å²) in [5.74, 6) is 0. The number of hydrogen-bond acceptors (Lipinski definition) is 3. The average molecular weight is 339 g/mol. The standard InChI is InChI=1S/C16H19ClN2O2S/c1-11-8-9-13(10-16(11)19-22(3,20)21)18-12(2)14-6-4-5-7-15(14)17/h4-10,12,18-19H,1-3H3/t12-/m0/s1. The first-order valence-electron chi connectivity index (χ1n) is 6.85. The smallest absolute Gasteiger partial charge is 0.229 e. The normalized spacial score (nSPS) is 12.7. The zero-order valence-electron chi connectivity index (χ0n) is 12.7. The summed E-state index contributed by atoms with van der Waals surface area (Å²) in [5, 5.41) is 4.03. The molecule has 0 spiro atoms. The summed E-state index contributed by atoms with van der Waals surface area (Å²) in [7, 11) is -3.30. The Bertz CT molecular complexity index is 775. The molecule has 2 aromatic rings. The lowest BCUT2D eigenvalue weighted by atomic mass is 10.1. The lowest BCUT2D eigenvalue weighted by Gasteiger charge is -2.18. The summed E-state index contributed by atoms with van der Waals surface area (Å²) < 4.78 is 25.3. The molecular formula is C16H19ClN2O2S. The average Bonchev–Trinajstić information content (AvgIpc) is 2.41. The SMILES string of the molecule is Cc1ccc(N[C@@H](C)c2ccccc2Cl)cc1NS(C)(=O)=O. The van der Waals surface area contributed by atoms with Gasteiger partial charge in [0.1, 0.15) is 0 Å². The lowest BCUT2D eigenvalue weighted by molar-refractivity contribution is 0.607. The third-order valence-electron chi connectivity index (χ3n) is 3.29. The van der Waals surface area contributed by atoms with E-state index in [2.05, 4.69) is 10.0 Å². The Hall–Kier alpha value is -1.72. The van der Waals surface area contributed by atoms with Gasteiger partial charge in [0, 0.05) is 16.8 Å². The third kappa shape index (κ3) is 4.39. The van der Waals surface area contributed by atoms with Gasteiger partial charge in [0.25, 0.3) is 0 Å². The van der Waals surface area contributed by atoms with Crippen LogP contribution in [0.3, 0.4) is 0 Å². The molecule has 2 aromatic carbocycles. The van der Waals surface area contributed by atoms with E-state index in [0.717, 1.165) is 23.1 Å². The van der Waals surface area contributed by atoms with E-state index in [-0.39, 0.29) is 6.04 Å². The van der Waals surface area contributed by atoms with E-state index in [9.17, 15) is 8.42 Å². The number of nitrogens with one attached hydrogen (secondary N) is 2. The van der Waals surface area contributed by atoms with Crippen molar-refractivity contribution in [1.29, 1.82) is 0 Å². The van der Waals surface area contributed by atoms with Crippen LogP contribution < -0.4 is 10.0 Å². The second kappa shape index (κ2) is 6.58. The molecule has 0 aromatic heterocycles. The Morgan fingerprint density at radius 2 is 1.82 bits per heavy atom. The highest BCUT2D eigenvalue weighted by Crippen LogP contribution is 2.28. The van der Waals surface area contributed by atoms with Crippen LogP contribution in [-0.4, -0.2) is 14.7 Å². The van der Waals surface area contributed by atoms with Gasteiger partial charge in [0.05, 0.1) is 11.9 Å². The van der Waals surface area contributed by atoms with Gasteiger partial charge in [-0.2, -0.15) is 0 Å². The van der Waals surface area contributed by atoms with Gasteiger partial charge in [0.15, 0.2) is 0 Å². The van der Waals surface area contributed by atoms with Crippen LogP contribution in [0, 0.1) is 6.92 Å². The molecule has 0 bridgehead atoms. The zero-order chi connectivity index (χ0) is 16.3. The summed E-state index contributed by atoms with van der Waals surface area (Å²) in [4.78, 5) is 0. The van der Waals surface area contributed by atoms with Crippen LogP contribution in [0.15, 0.2) is 42.5 Å². The van der Waals surface area contributed by atoms with Gasteiger partial charge in [-0.1, -0.05) is 35.9 Å². The monoisotopic (exact) mass is 338 g/mol. The Kier molecular flexibility index (Phi) is 4.98. The first-order valence-corrected chi connectivity index (χ1v) is 9.12. The molecule has 0 unspecified atom stereocenters. The molecular weight excluding hydrogens is 320 g/mol. The Balaban J connectivity index is 2.23. The first kappa shape index (κ1) is 16.6. The van der Waals surface area contributed by atoms with Crippen molar-refractivity contribution in [1.82, 2.24) is 0 Å². The minimum atomic E-state index is -3.30. The van der Waals surface area contributed by atoms with Crippen LogP contribution in [0.2, 0.25) is 5.02 Å². The van der Waals surface area contributed by atoms with Crippen LogP contribution in [0.1, 0.15) is 24.1 Å². The molecule has 0 aliphatic heterocycles. The van der Waals surface area contributed by atoms with E-state index >= 15 is 0 Å². The number of aryl methyl sites for hydroxylation is 1. The maximum atomic E-state index is 11.4. The van der Waals surface area contributed by atoms with Crippen molar-refractivity contribution in [3.63, 3.8) is 0 Å². The molecule has 118 valence electrons. The highest BCUT2D eigenvalue weighted by atomic mass is 35.5. The van der Waals surface area contributed by atoms with Crippen molar-refractivity contribution in [2.75, 3.05) is 16.3 Å². The lowest BCUT2D eigenvalue weighted by Crippen LogP contribution is -2.12. The van der Waals surface area contributed by atoms with Gasteiger partial charge in [-0.05, 0) is 43.2 Å². The second-order valence-corrected chi connectivity index (χ2v) is 7.45. The molecule has 0 heterocycles. The van der Waals surface area contributed by atoms with Gasteiger partial charge in [-0.15, -0.1) is 0 Å². The van der Waals surface area contributed by atoms with E-state index in [4.69, 9.17) is 11.6 Å². The maximum absolute atomic E-state index is 11.4. The van der Waals surface area contributed by atoms with Crippen molar-refractivity contribution in [2.45, 2.75) is 19.9 Å². The van der Waals surface area contributed by atoms with Crippen molar-refractivity contribution in [2.24, 2.45) is 0 Å². The number of rotatable bonds is 5. The van der Waals surface area contributed by atoms with Crippen molar-refractivity contribution < 1.29 is 8.42 Å². The fourth-order valence-electron chi connectivity index (χ4n) is 2.18. The van der Waals surface area contributed by atoms with E-state index in [1.807, 2.05) is 50.2 Å². The largest absolute Gasteiger partial charge is 0.378 e. The van der Waals surface area contributed by atoms with Crippen LogP contribution in [0.5, 0.6) is 0 Å². The zero-order valence-corrected chi connectivity index (χ0v) is 14.3. The van der Waals surface area contributed by atoms with Gasteiger partial charge in [-0.3, -0.25) is 4.72 Å². The molecule has 0 saturated heterocycles. The first-order chi connectivity index (χ1) is 10.3. The summed E-state index contributed by atoms with van der Waals surface area (Å²) in [6, 6.07) is 13.2. The van der Waals surface area contributed by atoms with Crippen LogP contribution in [0.25, 0.3) is 0 Å². The van der Waals surface area contributed by atoms with Crippen molar-refractivity contribution >= 4 is 33.0 Å². The highest BCUT2D eigenvalue weighted by molar-refractivity contribution is 7.92. The highest BCUT2D eigenvalue weighted by Gasteiger charge is 2.11. The summed E-state index contributed by atoms with van der Waals surface area (Å²) in [6.07, 6.45) is 1.14. The summed E-state index contributed by atoms with van der Waals surface area (Å²) in [5.41, 5.74) is 3.24. The predicted molar refractivity (Wildman–Crippen MR) is 93.1 cm³/mol. The van der Waals surface area contributed by atoms with Crippen molar-refractivity contribution in [3.8, 4) is 0 Å². The predicted octanol–water partition coefficient (Wildman–Crippen LogP) is 4.19. The Morgan fingerprint density at radius 3 is 2.45 bits per heavy atom. The van der Waals surface area contributed by atoms with E-state index in [1.54, 1.807) is 6.07 Å². The molecule has 0 amide bonds. The number of benzene rings is 2. The molecule has 22 heavy (non-hydrogen) atoms. The maximum Gasteiger partial charge on any atom is 0.229 e. The van der Waals surface area contributed by atoms with Gasteiger partial charge in [0.2, 0.25) is 10.0 Å². The quantitative estimate of drug-likeness (QED) is 0.859. The molecule has 0 radical (unpaired) electrons. The molecule has 0 aliphatic rings. The van der Waals surface area contributed by atoms with Gasteiger partial charge < -0.3 is 5.32 Å². The van der Waals surface area contributed by atoms with E-state index in [1.165, 1.54) is 0 Å². The number of sulfonamides is 1. The van der Waals surface area contributed by atoms with Crippen LogP contribution in [0.4, 0.5) is 11.4 Å². The van der Waals surface area contributed by atoms with E-state index < -0.39 is 10.0 Å². The molecule has 6 heteroatoms. The molecule has 0 fully saturated rings. The molecule has 0 aliphatic carbocycles. The minimum absolute atomic E-state index is 0.00231. The number of anilines is 2. The summed E-state index contributed by atoms with van der Waals surface area (Å²) >= 11 is 6.20. The van der Waals surface area contributed by atoms with Gasteiger partial charge in [-0.25, -0.2) is 8.42 Å². The van der Waals surface area contributed by atoms with Crippen molar-refractivity contribution in [3.05, 3.63) is 58.6 Å². The minimum Gasteiger partial charge on any atom is -0.378 e. The summed E-state index contributed by atoms with van der Waals surface area (Å²) in [6.45, 7) is 3.86. The molecule has 1 atom stereocenters. The second-order valence-electron chi connectivity index (χ2n) is 5.29. The fourth-order valence-corrected chi connectivity index (χ4v) is 3.09. The number of hydrogen-bond donors (Lipinski definition) is 2. The topological polar surface area (TPSA) is 58.2 Å². The Morgan fingerprint density at radius 1 is 1.14 bits per heavy atom. The molecule has 2 N–H and O–H groups in total. The van der Waals surface area contributed by atoms with Crippen LogP contribution >= 0.6 is 11.6 Å². The molecule has 4 nitrogen and oxygen atoms in total. The Labute approximate surface area is 136 Å². The van der Waals surface area contributed by atoms with E-state index in [0.29, 0.717) is 10.7 Å². The fraction of sp³-hybridized carbons (Fsp3) is 0.250. The van der Waals surface area contributed by atoms with Gasteiger partial charge >= 0.3 is 0 Å². The molecule has 2 rings (SSSR count). The van der Waals surface area contributed by atoms with Crippen LogP contribution in [-0.2, 0) is 10.0 Å².